The normalized spacial score (nSPS) is 11.5. The van der Waals surface area contributed by atoms with Gasteiger partial charge in [-0.05, 0) is 159 Å². The van der Waals surface area contributed by atoms with Gasteiger partial charge < -0.3 is 73.4 Å². The number of amides is 8. The van der Waals surface area contributed by atoms with Crippen molar-refractivity contribution in [2.45, 2.75) is 251 Å². The fourth-order valence-corrected chi connectivity index (χ4v) is 8.82. The van der Waals surface area contributed by atoms with Crippen molar-refractivity contribution in [1.29, 1.82) is 0 Å². The summed E-state index contributed by atoms with van der Waals surface area (Å²) in [6.07, 6.45) is 2.79. The third-order valence-electron chi connectivity index (χ3n) is 15.7. The Hall–Kier alpha value is -8.53. The lowest BCUT2D eigenvalue weighted by Gasteiger charge is -2.38. The molecule has 0 aliphatic heterocycles. The molecule has 0 heterocycles. The third kappa shape index (κ3) is 79.3. The standard InChI is InChI=1S/C20H34N4O3.C18H32N2O2.C17H29NO3.C16H29N3O2.C12H24N2O.C11H22N2O/c1-13(2)16(25)21-11-20(23-10-19(7,8)9,24-18(27)15(5)6)12-22-17(26)14(3)4;1-14(2)16(21)9-8-11-20(13-18(5,6)7)12-10-19-17(22)15(3)4;1-12(2)15(19)9-8-14(21-16(20)13(3)4)10-18-11-17(5,6)7;1-11(2)14(20)17-8-13(19-10-16(5,6)7)9-18-15(21)12(3)4;1-10(2)11(15)14-8-6-7-13-9-12(3,4)5;1-9(2)10(14)13-7-6-12-8-11(3,4)5/h23H,1,3,5,10-12H2,2,4,6-9H3,(H,21,25)(H,22,26)(H,24,27);1,3,8-13H2,2,4-7H3,(H,19,22);14,18H,1,3,8-11H2,2,4-7H3;13,19H,1,3,8-10H2,2,4-7H3,(H,17,20)(H,18,21);13H,1,6-9H2,2-5H3,(H,14,15);12H,1,6-8H2,2-5H3,(H,13,14). The molecule has 26 heteroatoms. The molecule has 0 aromatic carbocycles. The first-order valence-electron chi connectivity index (χ1n) is 41.5. The first-order chi connectivity index (χ1) is 54.4. The average Bonchev–Trinajstić information content (AvgIpc) is 0.830. The Morgan fingerprint density at radius 1 is 0.308 bits per heavy atom. The number of carbonyl (C=O) groups is 11. The van der Waals surface area contributed by atoms with Crippen LogP contribution in [0.25, 0.3) is 0 Å². The fourth-order valence-electron chi connectivity index (χ4n) is 8.82. The summed E-state index contributed by atoms with van der Waals surface area (Å²) in [7, 11) is 0. The Labute approximate surface area is 727 Å². The quantitative estimate of drug-likeness (QED) is 0.0116. The van der Waals surface area contributed by atoms with Crippen molar-refractivity contribution >= 4 is 64.8 Å². The lowest BCUT2D eigenvalue weighted by atomic mass is 9.95. The number of Topliss-reactive ketones (excluding diaryl/α,β-unsaturated/α-hetero) is 2. The molecule has 0 bridgehead atoms. The van der Waals surface area contributed by atoms with Crippen LogP contribution in [0.3, 0.4) is 0 Å². The summed E-state index contributed by atoms with van der Waals surface area (Å²) < 4.78 is 5.37. The van der Waals surface area contributed by atoms with Crippen molar-refractivity contribution in [3.05, 3.63) is 134 Å². The number of ether oxygens (including phenoxy) is 1. The molecule has 1 unspecified atom stereocenters. The second kappa shape index (κ2) is 62.6. The van der Waals surface area contributed by atoms with Crippen molar-refractivity contribution in [2.24, 2.45) is 32.5 Å². The van der Waals surface area contributed by atoms with E-state index in [0.717, 1.165) is 71.7 Å². The van der Waals surface area contributed by atoms with E-state index in [4.69, 9.17) is 4.74 Å². The van der Waals surface area contributed by atoms with E-state index in [-0.39, 0.29) is 106 Å². The first kappa shape index (κ1) is 122. The molecule has 120 heavy (non-hydrogen) atoms. The minimum atomic E-state index is -1.11. The van der Waals surface area contributed by atoms with Gasteiger partial charge in [0.15, 0.2) is 11.6 Å². The van der Waals surface area contributed by atoms with Crippen LogP contribution in [0.4, 0.5) is 0 Å². The second-order valence-corrected chi connectivity index (χ2v) is 38.6. The number of hydrogen-bond donors (Lipinski definition) is 13. The number of allylic oxidation sites excluding steroid dienone is 2. The maximum Gasteiger partial charge on any atom is 0.333 e. The van der Waals surface area contributed by atoms with Crippen molar-refractivity contribution in [2.75, 3.05) is 118 Å². The molecule has 0 radical (unpaired) electrons. The van der Waals surface area contributed by atoms with Gasteiger partial charge in [0.25, 0.3) is 0 Å². The molecule has 0 saturated heterocycles. The number of ketones is 2. The zero-order valence-corrected chi connectivity index (χ0v) is 80.5. The minimum absolute atomic E-state index is 0.00203. The molecule has 0 aromatic heterocycles. The highest BCUT2D eigenvalue weighted by Gasteiger charge is 2.35. The summed E-state index contributed by atoms with van der Waals surface area (Å²) in [6, 6.07) is -0.0455. The predicted octanol–water partition coefficient (Wildman–Crippen LogP) is 11.8. The van der Waals surface area contributed by atoms with Gasteiger partial charge in [-0.1, -0.05) is 197 Å². The van der Waals surface area contributed by atoms with Crippen molar-refractivity contribution in [3.63, 3.8) is 0 Å². The number of nitrogens with zero attached hydrogens (tertiary/aromatic N) is 1. The number of carbonyl (C=O) groups excluding carboxylic acids is 11. The Balaban J connectivity index is -0.000000329. The topological polar surface area (TPSA) is 357 Å². The molecule has 13 N–H and O–H groups in total. The van der Waals surface area contributed by atoms with Crippen molar-refractivity contribution in [1.82, 2.24) is 74.0 Å². The van der Waals surface area contributed by atoms with Gasteiger partial charge in [0.05, 0.1) is 13.1 Å². The monoisotopic (exact) mass is 1690 g/mol. The molecule has 0 aliphatic carbocycles. The molecule has 0 aliphatic rings. The van der Waals surface area contributed by atoms with Crippen LogP contribution in [-0.4, -0.2) is 205 Å². The highest BCUT2D eigenvalue weighted by molar-refractivity contribution is 5.97. The highest BCUT2D eigenvalue weighted by atomic mass is 16.5. The van der Waals surface area contributed by atoms with E-state index in [1.54, 1.807) is 76.2 Å². The van der Waals surface area contributed by atoms with E-state index in [2.05, 4.69) is 250 Å². The van der Waals surface area contributed by atoms with Gasteiger partial charge in [-0.25, -0.2) is 4.79 Å². The van der Waals surface area contributed by atoms with Gasteiger partial charge in [-0.3, -0.25) is 53.3 Å². The van der Waals surface area contributed by atoms with Gasteiger partial charge in [0, 0.05) is 154 Å². The molecule has 0 saturated carbocycles. The van der Waals surface area contributed by atoms with Gasteiger partial charge >= 0.3 is 5.97 Å². The maximum absolute atomic E-state index is 12.3. The molecule has 0 rings (SSSR count). The number of rotatable bonds is 48. The van der Waals surface area contributed by atoms with E-state index in [1.807, 2.05) is 20.8 Å². The Bertz CT molecular complexity index is 3300. The van der Waals surface area contributed by atoms with Crippen LogP contribution in [0, 0.1) is 32.5 Å². The van der Waals surface area contributed by atoms with E-state index in [0.29, 0.717) is 137 Å². The molecular formula is C94H170N14O12. The number of nitrogens with one attached hydrogen (secondary N) is 13. The summed E-state index contributed by atoms with van der Waals surface area (Å²) in [5, 5.41) is 38.9. The Kier molecular flexibility index (Phi) is 63.8. The third-order valence-corrected chi connectivity index (χ3v) is 15.7. The van der Waals surface area contributed by atoms with Crippen molar-refractivity contribution in [3.8, 4) is 0 Å². The summed E-state index contributed by atoms with van der Waals surface area (Å²) >= 11 is 0. The highest BCUT2D eigenvalue weighted by Crippen LogP contribution is 2.18. The number of esters is 1. The van der Waals surface area contributed by atoms with Crippen molar-refractivity contribution < 1.29 is 57.5 Å². The predicted molar refractivity (Wildman–Crippen MR) is 499 cm³/mol. The van der Waals surface area contributed by atoms with E-state index >= 15 is 0 Å². The van der Waals surface area contributed by atoms with Crippen LogP contribution in [0.2, 0.25) is 0 Å². The van der Waals surface area contributed by atoms with Crippen LogP contribution in [-0.2, 0) is 57.5 Å². The van der Waals surface area contributed by atoms with Crippen LogP contribution in [0.15, 0.2) is 134 Å². The molecule has 688 valence electrons. The first-order valence-corrected chi connectivity index (χ1v) is 41.5. The maximum atomic E-state index is 12.3. The van der Waals surface area contributed by atoms with Gasteiger partial charge in [0.2, 0.25) is 47.3 Å². The molecule has 1 atom stereocenters. The van der Waals surface area contributed by atoms with E-state index in [9.17, 15) is 52.7 Å². The van der Waals surface area contributed by atoms with Gasteiger partial charge in [-0.2, -0.15) is 0 Å². The number of hydrogen-bond acceptors (Lipinski definition) is 18. The Morgan fingerprint density at radius 3 is 1.01 bits per heavy atom. The van der Waals surface area contributed by atoms with Crippen LogP contribution < -0.4 is 69.1 Å². The summed E-state index contributed by atoms with van der Waals surface area (Å²) in [5.74, 6) is -1.92. The minimum Gasteiger partial charge on any atom is -0.458 e. The Morgan fingerprint density at radius 2 is 0.650 bits per heavy atom. The van der Waals surface area contributed by atoms with Gasteiger partial charge in [0.1, 0.15) is 11.8 Å². The SMILES string of the molecule is C=C(C)C(=O)CCC(CNCC(C)(C)C)OC(=O)C(=C)C.C=C(C)C(=O)CCCN(CCNC(=O)C(=C)C)CC(C)(C)C.C=C(C)C(=O)NCC(CNC(=O)C(=C)C)(NCC(C)(C)C)NC(=O)C(=C)C.C=C(C)C(=O)NCC(CNC(=O)C(=C)C)NCC(C)(C)C.C=C(C)C(=O)NCCCNCC(C)(C)C.C=C(C)C(=O)NCCNCC(C)(C)C. The molecule has 0 spiro atoms. The van der Waals surface area contributed by atoms with E-state index in [1.165, 1.54) is 0 Å². The molecule has 0 aromatic rings. The molecule has 0 fully saturated rings. The smallest absolute Gasteiger partial charge is 0.333 e. The second-order valence-electron chi connectivity index (χ2n) is 38.6. The zero-order valence-electron chi connectivity index (χ0n) is 80.5. The summed E-state index contributed by atoms with van der Waals surface area (Å²) in [6.45, 7) is 108. The van der Waals surface area contributed by atoms with Gasteiger partial charge in [-0.15, -0.1) is 0 Å². The van der Waals surface area contributed by atoms with E-state index < -0.39 is 11.6 Å². The lowest BCUT2D eigenvalue weighted by Crippen LogP contribution is -2.70. The van der Waals surface area contributed by atoms with Crippen LogP contribution >= 0.6 is 0 Å². The fraction of sp³-hybridized carbons (Fsp3) is 0.649. The van der Waals surface area contributed by atoms with Crippen LogP contribution in [0.5, 0.6) is 0 Å². The molecular weight excluding hydrogens is 1520 g/mol. The van der Waals surface area contributed by atoms with Crippen LogP contribution in [0.1, 0.15) is 233 Å². The zero-order chi connectivity index (χ0) is 95.1. The largest absolute Gasteiger partial charge is 0.458 e. The summed E-state index contributed by atoms with van der Waals surface area (Å²) in [5.41, 5.74) is 4.94. The summed E-state index contributed by atoms with van der Waals surface area (Å²) in [4.78, 5) is 130. The average molecular weight is 1690 g/mol. The lowest BCUT2D eigenvalue weighted by molar-refractivity contribution is -0.145. The molecule has 26 nitrogen and oxygen atoms in total. The molecule has 8 amide bonds.